The van der Waals surface area contributed by atoms with Crippen molar-refractivity contribution in [3.63, 3.8) is 0 Å². The molecule has 0 radical (unpaired) electrons. The number of hydrogen-bond acceptors (Lipinski definition) is 5. The van der Waals surface area contributed by atoms with Gasteiger partial charge in [-0.25, -0.2) is 13.1 Å². The summed E-state index contributed by atoms with van der Waals surface area (Å²) < 4.78 is 31.9. The number of sulfonamides is 1. The van der Waals surface area contributed by atoms with Gasteiger partial charge in [0.2, 0.25) is 15.9 Å². The zero-order chi connectivity index (χ0) is 19.9. The van der Waals surface area contributed by atoms with Crippen LogP contribution in [0.4, 0.5) is 5.69 Å². The van der Waals surface area contributed by atoms with Gasteiger partial charge in [0, 0.05) is 19.2 Å². The van der Waals surface area contributed by atoms with E-state index >= 15 is 0 Å². The normalized spacial score (nSPS) is 11.0. The highest BCUT2D eigenvalue weighted by molar-refractivity contribution is 7.89. The second-order valence-electron chi connectivity index (χ2n) is 6.00. The van der Waals surface area contributed by atoms with E-state index in [0.29, 0.717) is 5.69 Å². The van der Waals surface area contributed by atoms with E-state index in [-0.39, 0.29) is 30.4 Å². The third kappa shape index (κ3) is 6.84. The number of carbonyl (C=O) groups excluding carboxylic acids is 2. The van der Waals surface area contributed by atoms with E-state index in [1.165, 1.54) is 31.2 Å². The fraction of sp³-hybridized carbons (Fsp3) is 0.263. The molecule has 2 aromatic rings. The molecule has 144 valence electrons. The molecule has 0 atom stereocenters. The summed E-state index contributed by atoms with van der Waals surface area (Å²) in [5, 5.41) is 2.56. The Labute approximate surface area is 158 Å². The van der Waals surface area contributed by atoms with Crippen molar-refractivity contribution < 1.29 is 22.7 Å². The third-order valence-corrected chi connectivity index (χ3v) is 5.07. The quantitative estimate of drug-likeness (QED) is 0.674. The zero-order valence-corrected chi connectivity index (χ0v) is 16.0. The predicted octanol–water partition coefficient (Wildman–Crippen LogP) is 2.37. The molecule has 8 heteroatoms. The van der Waals surface area contributed by atoms with Gasteiger partial charge in [0.25, 0.3) is 0 Å². The highest BCUT2D eigenvalue weighted by atomic mass is 32.2. The molecule has 0 aliphatic rings. The summed E-state index contributed by atoms with van der Waals surface area (Å²) in [6.45, 7) is 3.40. The van der Waals surface area contributed by atoms with Crippen molar-refractivity contribution in [3.05, 3.63) is 59.7 Å². The molecular weight excluding hydrogens is 368 g/mol. The van der Waals surface area contributed by atoms with Gasteiger partial charge in [-0.15, -0.1) is 0 Å². The topological polar surface area (TPSA) is 102 Å². The van der Waals surface area contributed by atoms with E-state index < -0.39 is 16.0 Å². The molecule has 0 heterocycles. The van der Waals surface area contributed by atoms with Crippen LogP contribution in [0.5, 0.6) is 0 Å². The molecule has 0 bridgehead atoms. The molecule has 0 saturated carbocycles. The maximum Gasteiger partial charge on any atom is 0.307 e. The molecule has 0 fully saturated rings. The van der Waals surface area contributed by atoms with Gasteiger partial charge in [0.1, 0.15) is 6.61 Å². The molecule has 2 N–H and O–H groups in total. The van der Waals surface area contributed by atoms with Crippen molar-refractivity contribution in [2.24, 2.45) is 0 Å². The van der Waals surface area contributed by atoms with Gasteiger partial charge in [-0.3, -0.25) is 9.59 Å². The number of hydrogen-bond donors (Lipinski definition) is 2. The van der Waals surface area contributed by atoms with Crippen LogP contribution in [0.1, 0.15) is 24.5 Å². The van der Waals surface area contributed by atoms with E-state index in [2.05, 4.69) is 10.0 Å². The highest BCUT2D eigenvalue weighted by Crippen LogP contribution is 2.14. The molecular formula is C19H22N2O5S. The summed E-state index contributed by atoms with van der Waals surface area (Å²) in [4.78, 5) is 22.8. The largest absolute Gasteiger partial charge is 0.461 e. The first kappa shape index (κ1) is 20.6. The number of nitrogens with one attached hydrogen (secondary N) is 2. The van der Waals surface area contributed by atoms with Crippen LogP contribution in [0.15, 0.2) is 53.4 Å². The van der Waals surface area contributed by atoms with Crippen LogP contribution in [-0.4, -0.2) is 26.8 Å². The Balaban J connectivity index is 1.80. The van der Waals surface area contributed by atoms with Crippen LogP contribution in [0, 0.1) is 6.92 Å². The maximum atomic E-state index is 12.2. The molecule has 0 aromatic heterocycles. The monoisotopic (exact) mass is 390 g/mol. The van der Waals surface area contributed by atoms with Crippen molar-refractivity contribution >= 4 is 27.6 Å². The average molecular weight is 390 g/mol. The van der Waals surface area contributed by atoms with Crippen molar-refractivity contribution in [2.45, 2.75) is 31.8 Å². The zero-order valence-electron chi connectivity index (χ0n) is 15.2. The fourth-order valence-electron chi connectivity index (χ4n) is 2.33. The number of esters is 1. The standard InChI is InChI=1S/C19H22N2O5S/c1-14-4-3-5-16(12-14)13-26-19(23)10-11-20-27(24,25)18-8-6-17(7-9-18)21-15(2)22/h3-9,12,20H,10-11,13H2,1-2H3,(H,21,22). The number of aryl methyl sites for hydroxylation is 1. The molecule has 0 aliphatic heterocycles. The van der Waals surface area contributed by atoms with Gasteiger partial charge in [0.05, 0.1) is 11.3 Å². The second-order valence-corrected chi connectivity index (χ2v) is 7.77. The van der Waals surface area contributed by atoms with E-state index in [0.717, 1.165) is 11.1 Å². The Morgan fingerprint density at radius 1 is 1.07 bits per heavy atom. The summed E-state index contributed by atoms with van der Waals surface area (Å²) in [5.41, 5.74) is 2.45. The Hall–Kier alpha value is -2.71. The van der Waals surface area contributed by atoms with E-state index in [1.807, 2.05) is 31.2 Å². The Morgan fingerprint density at radius 2 is 1.78 bits per heavy atom. The van der Waals surface area contributed by atoms with E-state index in [9.17, 15) is 18.0 Å². The number of amides is 1. The van der Waals surface area contributed by atoms with Gasteiger partial charge in [-0.05, 0) is 36.8 Å². The predicted molar refractivity (Wildman–Crippen MR) is 102 cm³/mol. The second kappa shape index (κ2) is 9.29. The van der Waals surface area contributed by atoms with Crippen LogP contribution >= 0.6 is 0 Å². The fourth-order valence-corrected chi connectivity index (χ4v) is 3.36. The lowest BCUT2D eigenvalue weighted by Crippen LogP contribution is -2.26. The summed E-state index contributed by atoms with van der Waals surface area (Å²) in [7, 11) is -3.74. The van der Waals surface area contributed by atoms with Gasteiger partial charge >= 0.3 is 5.97 Å². The molecule has 7 nitrogen and oxygen atoms in total. The summed E-state index contributed by atoms with van der Waals surface area (Å²) in [6.07, 6.45) is -0.0744. The first-order chi connectivity index (χ1) is 12.8. The summed E-state index contributed by atoms with van der Waals surface area (Å²) in [5.74, 6) is -0.729. The van der Waals surface area contributed by atoms with E-state index in [1.54, 1.807) is 0 Å². The Morgan fingerprint density at radius 3 is 2.41 bits per heavy atom. The van der Waals surface area contributed by atoms with Crippen LogP contribution < -0.4 is 10.0 Å². The summed E-state index contributed by atoms with van der Waals surface area (Å²) in [6, 6.07) is 13.3. The number of benzene rings is 2. The molecule has 0 saturated heterocycles. The minimum atomic E-state index is -3.74. The minimum Gasteiger partial charge on any atom is -0.461 e. The van der Waals surface area contributed by atoms with Crippen molar-refractivity contribution in [1.82, 2.24) is 4.72 Å². The van der Waals surface area contributed by atoms with Crippen molar-refractivity contribution in [3.8, 4) is 0 Å². The smallest absolute Gasteiger partial charge is 0.307 e. The Kier molecular flexibility index (Phi) is 7.09. The van der Waals surface area contributed by atoms with Crippen molar-refractivity contribution in [1.29, 1.82) is 0 Å². The van der Waals surface area contributed by atoms with Crippen molar-refractivity contribution in [2.75, 3.05) is 11.9 Å². The lowest BCUT2D eigenvalue weighted by molar-refractivity contribution is -0.144. The van der Waals surface area contributed by atoms with Gasteiger partial charge in [-0.1, -0.05) is 29.8 Å². The lowest BCUT2D eigenvalue weighted by atomic mass is 10.1. The van der Waals surface area contributed by atoms with Gasteiger partial charge in [0.15, 0.2) is 0 Å². The Bertz CT molecular complexity index is 908. The molecule has 27 heavy (non-hydrogen) atoms. The number of carbonyl (C=O) groups is 2. The van der Waals surface area contributed by atoms with Gasteiger partial charge < -0.3 is 10.1 Å². The van der Waals surface area contributed by atoms with Crippen LogP contribution in [0.2, 0.25) is 0 Å². The average Bonchev–Trinajstić information content (AvgIpc) is 2.60. The minimum absolute atomic E-state index is 0.0460. The lowest BCUT2D eigenvalue weighted by Gasteiger charge is -2.09. The molecule has 0 unspecified atom stereocenters. The first-order valence-corrected chi connectivity index (χ1v) is 9.83. The molecule has 2 rings (SSSR count). The molecule has 0 aliphatic carbocycles. The molecule has 0 spiro atoms. The third-order valence-electron chi connectivity index (χ3n) is 3.59. The van der Waals surface area contributed by atoms with Crippen LogP contribution in [-0.2, 0) is 31.0 Å². The molecule has 1 amide bonds. The first-order valence-electron chi connectivity index (χ1n) is 8.35. The van der Waals surface area contributed by atoms with Crippen LogP contribution in [0.3, 0.4) is 0 Å². The highest BCUT2D eigenvalue weighted by Gasteiger charge is 2.14. The van der Waals surface area contributed by atoms with E-state index in [4.69, 9.17) is 4.74 Å². The maximum absolute atomic E-state index is 12.2. The number of anilines is 1. The SMILES string of the molecule is CC(=O)Nc1ccc(S(=O)(=O)NCCC(=O)OCc2cccc(C)c2)cc1. The van der Waals surface area contributed by atoms with Gasteiger partial charge in [-0.2, -0.15) is 0 Å². The number of rotatable bonds is 8. The molecule has 2 aromatic carbocycles. The summed E-state index contributed by atoms with van der Waals surface area (Å²) >= 11 is 0. The van der Waals surface area contributed by atoms with Crippen LogP contribution in [0.25, 0.3) is 0 Å². The number of ether oxygens (including phenoxy) is 1.